The zero-order chi connectivity index (χ0) is 15.1. The van der Waals surface area contributed by atoms with Crippen LogP contribution >= 0.6 is 0 Å². The lowest BCUT2D eigenvalue weighted by Gasteiger charge is -2.08. The molecule has 21 heavy (non-hydrogen) atoms. The quantitative estimate of drug-likeness (QED) is 0.764. The molecule has 2 rings (SSSR count). The molecule has 0 saturated heterocycles. The highest BCUT2D eigenvalue weighted by atomic mass is 16.5. The van der Waals surface area contributed by atoms with Crippen molar-refractivity contribution in [1.29, 1.82) is 0 Å². The van der Waals surface area contributed by atoms with Crippen LogP contribution in [-0.2, 0) is 6.54 Å². The van der Waals surface area contributed by atoms with Gasteiger partial charge < -0.3 is 20.2 Å². The largest absolute Gasteiger partial charge is 0.493 e. The van der Waals surface area contributed by atoms with Crippen molar-refractivity contribution in [2.24, 2.45) is 5.73 Å². The Morgan fingerprint density at radius 2 is 2.00 bits per heavy atom. The molecule has 0 aliphatic rings. The van der Waals surface area contributed by atoms with Crippen LogP contribution in [0.2, 0.25) is 0 Å². The van der Waals surface area contributed by atoms with Crippen LogP contribution in [0.3, 0.4) is 0 Å². The minimum atomic E-state index is -0.159. The first kappa shape index (κ1) is 15.1. The Morgan fingerprint density at radius 1 is 1.19 bits per heavy atom. The molecule has 0 aliphatic carbocycles. The monoisotopic (exact) mass is 288 g/mol. The van der Waals surface area contributed by atoms with E-state index in [4.69, 9.17) is 15.2 Å². The number of hydrogen-bond donors (Lipinski definition) is 2. The molecule has 0 radical (unpaired) electrons. The number of nitrogens with one attached hydrogen (secondary N) is 1. The highest BCUT2D eigenvalue weighted by Crippen LogP contribution is 2.12. The molecule has 0 atom stereocenters. The molecule has 0 saturated carbocycles. The summed E-state index contributed by atoms with van der Waals surface area (Å²) >= 11 is 0. The van der Waals surface area contributed by atoms with Gasteiger partial charge in [0, 0.05) is 30.9 Å². The first-order chi connectivity index (χ1) is 10.2. The van der Waals surface area contributed by atoms with E-state index in [1.807, 2.05) is 31.2 Å². The van der Waals surface area contributed by atoms with E-state index >= 15 is 0 Å². The lowest BCUT2D eigenvalue weighted by Crippen LogP contribution is -2.13. The number of rotatable bonds is 7. The molecule has 112 valence electrons. The third-order valence-electron chi connectivity index (χ3n) is 2.96. The Bertz CT molecular complexity index is 637. The van der Waals surface area contributed by atoms with Crippen LogP contribution in [0, 0.1) is 6.92 Å². The van der Waals surface area contributed by atoms with E-state index < -0.39 is 0 Å². The van der Waals surface area contributed by atoms with Crippen LogP contribution in [-0.4, -0.2) is 18.2 Å². The van der Waals surface area contributed by atoms with Crippen LogP contribution < -0.4 is 20.6 Å². The topological polar surface area (TPSA) is 77.3 Å². The van der Waals surface area contributed by atoms with E-state index in [0.29, 0.717) is 37.6 Å². The zero-order valence-corrected chi connectivity index (χ0v) is 12.1. The third-order valence-corrected chi connectivity index (χ3v) is 2.96. The van der Waals surface area contributed by atoms with Crippen molar-refractivity contribution in [3.05, 3.63) is 58.0 Å². The van der Waals surface area contributed by atoms with E-state index in [2.05, 4.69) is 4.98 Å². The van der Waals surface area contributed by atoms with Gasteiger partial charge in [0.15, 0.2) is 5.75 Å². The number of hydrogen-bond acceptors (Lipinski definition) is 4. The lowest BCUT2D eigenvalue weighted by atomic mass is 10.2. The molecule has 0 unspecified atom stereocenters. The summed E-state index contributed by atoms with van der Waals surface area (Å²) in [6, 6.07) is 9.34. The summed E-state index contributed by atoms with van der Waals surface area (Å²) < 4.78 is 11.0. The van der Waals surface area contributed by atoms with Gasteiger partial charge in [0.25, 0.3) is 0 Å². The molecule has 5 nitrogen and oxygen atoms in total. The van der Waals surface area contributed by atoms with Gasteiger partial charge in [0.1, 0.15) is 5.75 Å². The van der Waals surface area contributed by atoms with Gasteiger partial charge in [-0.15, -0.1) is 0 Å². The summed E-state index contributed by atoms with van der Waals surface area (Å²) in [6.45, 7) is 3.30. The number of benzene rings is 1. The average molecular weight is 288 g/mol. The number of aromatic amines is 1. The number of aromatic nitrogens is 1. The standard InChI is InChI=1S/C16H20N2O3/c1-12-4-2-5-14(8-12)20-6-3-7-21-16-11-18-13(10-17)9-15(16)19/h2,4-5,8-9,11H,3,6-7,10,17H2,1H3,(H,18,19). The van der Waals surface area contributed by atoms with Gasteiger partial charge in [-0.25, -0.2) is 0 Å². The molecular formula is C16H20N2O3. The number of H-pyrrole nitrogens is 1. The predicted molar refractivity (Wildman–Crippen MR) is 81.7 cm³/mol. The first-order valence-electron chi connectivity index (χ1n) is 6.93. The van der Waals surface area contributed by atoms with Crippen LogP contribution in [0.1, 0.15) is 17.7 Å². The maximum absolute atomic E-state index is 11.7. The van der Waals surface area contributed by atoms with Crippen molar-refractivity contribution in [2.45, 2.75) is 19.9 Å². The normalized spacial score (nSPS) is 10.4. The smallest absolute Gasteiger partial charge is 0.223 e. The fourth-order valence-electron chi connectivity index (χ4n) is 1.87. The van der Waals surface area contributed by atoms with E-state index in [1.54, 1.807) is 6.20 Å². The van der Waals surface area contributed by atoms with Crippen molar-refractivity contribution in [3.63, 3.8) is 0 Å². The van der Waals surface area contributed by atoms with Crippen molar-refractivity contribution in [1.82, 2.24) is 4.98 Å². The van der Waals surface area contributed by atoms with Gasteiger partial charge in [-0.05, 0) is 24.6 Å². The molecule has 0 bridgehead atoms. The Balaban J connectivity index is 1.74. The molecule has 1 heterocycles. The van der Waals surface area contributed by atoms with Gasteiger partial charge in [-0.2, -0.15) is 0 Å². The Hall–Kier alpha value is -2.27. The van der Waals surface area contributed by atoms with Crippen LogP contribution in [0.5, 0.6) is 11.5 Å². The maximum atomic E-state index is 11.7. The molecule has 0 spiro atoms. The summed E-state index contributed by atoms with van der Waals surface area (Å²) in [5.41, 5.74) is 7.14. The summed E-state index contributed by atoms with van der Waals surface area (Å²) in [7, 11) is 0. The second kappa shape index (κ2) is 7.50. The number of aryl methyl sites for hydroxylation is 1. The molecule has 0 amide bonds. The SMILES string of the molecule is Cc1cccc(OCCCOc2c[nH]c(CN)cc2=O)c1. The summed E-state index contributed by atoms with van der Waals surface area (Å²) in [5.74, 6) is 1.16. The summed E-state index contributed by atoms with van der Waals surface area (Å²) in [4.78, 5) is 14.6. The molecule has 1 aromatic carbocycles. The van der Waals surface area contributed by atoms with Crippen molar-refractivity contribution in [2.75, 3.05) is 13.2 Å². The minimum Gasteiger partial charge on any atom is -0.493 e. The van der Waals surface area contributed by atoms with E-state index in [-0.39, 0.29) is 5.43 Å². The van der Waals surface area contributed by atoms with E-state index in [0.717, 1.165) is 11.3 Å². The summed E-state index contributed by atoms with van der Waals surface area (Å²) in [5, 5.41) is 0. The minimum absolute atomic E-state index is 0.159. The number of nitrogens with two attached hydrogens (primary N) is 1. The van der Waals surface area contributed by atoms with Crippen LogP contribution in [0.15, 0.2) is 41.3 Å². The average Bonchev–Trinajstić information content (AvgIpc) is 2.48. The third kappa shape index (κ3) is 4.65. The van der Waals surface area contributed by atoms with Crippen molar-refractivity contribution >= 4 is 0 Å². The van der Waals surface area contributed by atoms with E-state index in [9.17, 15) is 4.79 Å². The maximum Gasteiger partial charge on any atom is 0.223 e. The molecule has 3 N–H and O–H groups in total. The highest BCUT2D eigenvalue weighted by Gasteiger charge is 2.02. The molecule has 5 heteroatoms. The Morgan fingerprint density at radius 3 is 2.71 bits per heavy atom. The second-order valence-corrected chi connectivity index (χ2v) is 4.76. The zero-order valence-electron chi connectivity index (χ0n) is 12.1. The van der Waals surface area contributed by atoms with Gasteiger partial charge in [-0.3, -0.25) is 4.79 Å². The molecule has 1 aromatic heterocycles. The van der Waals surface area contributed by atoms with Crippen molar-refractivity contribution < 1.29 is 9.47 Å². The van der Waals surface area contributed by atoms with Gasteiger partial charge in [-0.1, -0.05) is 12.1 Å². The number of ether oxygens (including phenoxy) is 2. The molecule has 0 fully saturated rings. The van der Waals surface area contributed by atoms with Gasteiger partial charge in [0.05, 0.1) is 13.2 Å². The first-order valence-corrected chi connectivity index (χ1v) is 6.93. The van der Waals surface area contributed by atoms with Crippen LogP contribution in [0.4, 0.5) is 0 Å². The predicted octanol–water partition coefficient (Wildman–Crippen LogP) is 1.99. The Kier molecular flexibility index (Phi) is 5.40. The second-order valence-electron chi connectivity index (χ2n) is 4.76. The van der Waals surface area contributed by atoms with Crippen LogP contribution in [0.25, 0.3) is 0 Å². The fourth-order valence-corrected chi connectivity index (χ4v) is 1.87. The van der Waals surface area contributed by atoms with Crippen molar-refractivity contribution in [3.8, 4) is 11.5 Å². The molecule has 0 aliphatic heterocycles. The fraction of sp³-hybridized carbons (Fsp3) is 0.312. The lowest BCUT2D eigenvalue weighted by molar-refractivity contribution is 0.245. The summed E-state index contributed by atoms with van der Waals surface area (Å²) in [6.07, 6.45) is 2.25. The van der Waals surface area contributed by atoms with Gasteiger partial charge >= 0.3 is 0 Å². The van der Waals surface area contributed by atoms with E-state index in [1.165, 1.54) is 6.07 Å². The number of pyridine rings is 1. The molecular weight excluding hydrogens is 268 g/mol. The molecule has 2 aromatic rings. The highest BCUT2D eigenvalue weighted by molar-refractivity contribution is 5.27. The van der Waals surface area contributed by atoms with Gasteiger partial charge in [0.2, 0.25) is 5.43 Å². The Labute approximate surface area is 123 Å².